The molecule has 1 aliphatic carbocycles. The first-order chi connectivity index (χ1) is 8.77. The van der Waals surface area contributed by atoms with Gasteiger partial charge in [-0.25, -0.2) is 0 Å². The Morgan fingerprint density at radius 3 is 2.58 bits per heavy atom. The second-order valence-electron chi connectivity index (χ2n) is 7.26. The number of hydrogen-bond donors (Lipinski definition) is 1. The number of halogens is 1. The van der Waals surface area contributed by atoms with E-state index in [-0.39, 0.29) is 12.4 Å². The molecule has 3 heteroatoms. The van der Waals surface area contributed by atoms with Crippen molar-refractivity contribution in [1.29, 1.82) is 0 Å². The number of likely N-dealkylation sites (tertiary alicyclic amines) is 1. The SMILES string of the molecule is CC1CCCCC1CN1CCC2(CCNCC2)C1.Cl. The van der Waals surface area contributed by atoms with Gasteiger partial charge in [-0.1, -0.05) is 26.2 Å². The van der Waals surface area contributed by atoms with Crippen LogP contribution >= 0.6 is 12.4 Å². The topological polar surface area (TPSA) is 15.3 Å². The third-order valence-electron chi connectivity index (χ3n) is 5.96. The lowest BCUT2D eigenvalue weighted by molar-refractivity contribution is 0.151. The van der Waals surface area contributed by atoms with Gasteiger partial charge in [0.25, 0.3) is 0 Å². The van der Waals surface area contributed by atoms with E-state index in [2.05, 4.69) is 17.1 Å². The van der Waals surface area contributed by atoms with Gasteiger partial charge in [-0.3, -0.25) is 0 Å². The van der Waals surface area contributed by atoms with Crippen LogP contribution < -0.4 is 5.32 Å². The molecule has 19 heavy (non-hydrogen) atoms. The summed E-state index contributed by atoms with van der Waals surface area (Å²) in [4.78, 5) is 2.80. The average molecular weight is 287 g/mol. The van der Waals surface area contributed by atoms with Gasteiger partial charge in [-0.15, -0.1) is 12.4 Å². The molecule has 2 unspecified atom stereocenters. The van der Waals surface area contributed by atoms with E-state index < -0.39 is 0 Å². The molecular formula is C16H31ClN2. The molecule has 0 bridgehead atoms. The van der Waals surface area contributed by atoms with E-state index in [9.17, 15) is 0 Å². The van der Waals surface area contributed by atoms with Crippen LogP contribution in [0, 0.1) is 17.3 Å². The van der Waals surface area contributed by atoms with Gasteiger partial charge in [-0.2, -0.15) is 0 Å². The van der Waals surface area contributed by atoms with Gasteiger partial charge in [0.1, 0.15) is 0 Å². The van der Waals surface area contributed by atoms with Gasteiger partial charge in [0.2, 0.25) is 0 Å². The van der Waals surface area contributed by atoms with Crippen LogP contribution in [-0.4, -0.2) is 37.6 Å². The summed E-state index contributed by atoms with van der Waals surface area (Å²) >= 11 is 0. The van der Waals surface area contributed by atoms with E-state index in [1.807, 2.05) is 0 Å². The van der Waals surface area contributed by atoms with Crippen LogP contribution in [0.3, 0.4) is 0 Å². The lowest BCUT2D eigenvalue weighted by Crippen LogP contribution is -2.40. The maximum atomic E-state index is 3.52. The molecule has 0 aromatic heterocycles. The summed E-state index contributed by atoms with van der Waals surface area (Å²) in [7, 11) is 0. The number of nitrogens with zero attached hydrogens (tertiary/aromatic N) is 1. The Hall–Kier alpha value is 0.210. The van der Waals surface area contributed by atoms with Crippen molar-refractivity contribution in [2.75, 3.05) is 32.7 Å². The van der Waals surface area contributed by atoms with Crippen LogP contribution in [0.4, 0.5) is 0 Å². The van der Waals surface area contributed by atoms with Gasteiger partial charge in [0.05, 0.1) is 0 Å². The minimum atomic E-state index is 0. The number of rotatable bonds is 2. The van der Waals surface area contributed by atoms with Crippen LogP contribution in [0.5, 0.6) is 0 Å². The van der Waals surface area contributed by atoms with E-state index in [0.717, 1.165) is 11.8 Å². The van der Waals surface area contributed by atoms with Crippen LogP contribution in [-0.2, 0) is 0 Å². The fraction of sp³-hybridized carbons (Fsp3) is 1.00. The molecule has 0 aromatic rings. The van der Waals surface area contributed by atoms with Crippen molar-refractivity contribution in [3.8, 4) is 0 Å². The molecule has 1 saturated carbocycles. The van der Waals surface area contributed by atoms with Crippen molar-refractivity contribution in [3.63, 3.8) is 0 Å². The first-order valence-corrected chi connectivity index (χ1v) is 8.21. The summed E-state index contributed by atoms with van der Waals surface area (Å²) in [6.45, 7) is 9.18. The fourth-order valence-electron chi connectivity index (χ4n) is 4.54. The predicted molar refractivity (Wildman–Crippen MR) is 84.0 cm³/mol. The number of hydrogen-bond acceptors (Lipinski definition) is 2. The lowest BCUT2D eigenvalue weighted by Gasteiger charge is -2.36. The Bertz CT molecular complexity index is 276. The molecule has 0 aromatic carbocycles. The molecule has 112 valence electrons. The van der Waals surface area contributed by atoms with Crippen LogP contribution in [0.25, 0.3) is 0 Å². The molecular weight excluding hydrogens is 256 g/mol. The van der Waals surface area contributed by atoms with Gasteiger partial charge in [-0.05, 0) is 62.6 Å². The highest BCUT2D eigenvalue weighted by Crippen LogP contribution is 2.40. The predicted octanol–water partition coefficient (Wildman–Crippen LogP) is 3.31. The molecule has 2 atom stereocenters. The number of nitrogens with one attached hydrogen (secondary N) is 1. The zero-order valence-corrected chi connectivity index (χ0v) is 13.3. The minimum Gasteiger partial charge on any atom is -0.317 e. The summed E-state index contributed by atoms with van der Waals surface area (Å²) in [6.07, 6.45) is 10.2. The molecule has 1 N–H and O–H groups in total. The molecule has 1 spiro atoms. The van der Waals surface area contributed by atoms with Crippen molar-refractivity contribution in [2.24, 2.45) is 17.3 Å². The quantitative estimate of drug-likeness (QED) is 0.838. The lowest BCUT2D eigenvalue weighted by atomic mass is 9.78. The molecule has 3 aliphatic rings. The molecule has 2 saturated heterocycles. The molecule has 2 nitrogen and oxygen atoms in total. The second kappa shape index (κ2) is 6.78. The van der Waals surface area contributed by atoms with Crippen LogP contribution in [0.1, 0.15) is 51.9 Å². The van der Waals surface area contributed by atoms with Gasteiger partial charge < -0.3 is 10.2 Å². The largest absolute Gasteiger partial charge is 0.317 e. The van der Waals surface area contributed by atoms with E-state index in [4.69, 9.17) is 0 Å². The standard InChI is InChI=1S/C16H30N2.ClH/c1-14-4-2-3-5-15(14)12-18-11-8-16(13-18)6-9-17-10-7-16;/h14-15,17H,2-13H2,1H3;1H. The Kier molecular flexibility index (Phi) is 5.56. The number of piperidine rings is 1. The average Bonchev–Trinajstić information content (AvgIpc) is 2.76. The van der Waals surface area contributed by atoms with E-state index in [1.165, 1.54) is 77.7 Å². The van der Waals surface area contributed by atoms with Crippen LogP contribution in [0.15, 0.2) is 0 Å². The van der Waals surface area contributed by atoms with Crippen molar-refractivity contribution in [3.05, 3.63) is 0 Å². The summed E-state index contributed by atoms with van der Waals surface area (Å²) < 4.78 is 0. The molecule has 3 fully saturated rings. The highest BCUT2D eigenvalue weighted by molar-refractivity contribution is 5.85. The normalized spacial score (nSPS) is 35.2. The highest BCUT2D eigenvalue weighted by Gasteiger charge is 2.39. The fourth-order valence-corrected chi connectivity index (χ4v) is 4.54. The molecule has 0 radical (unpaired) electrons. The molecule has 3 rings (SSSR count). The Morgan fingerprint density at radius 2 is 1.84 bits per heavy atom. The van der Waals surface area contributed by atoms with Crippen molar-refractivity contribution < 1.29 is 0 Å². The summed E-state index contributed by atoms with van der Waals surface area (Å²) in [5, 5.41) is 3.52. The van der Waals surface area contributed by atoms with E-state index >= 15 is 0 Å². The Balaban J connectivity index is 0.00000133. The van der Waals surface area contributed by atoms with Gasteiger partial charge >= 0.3 is 0 Å². The highest BCUT2D eigenvalue weighted by atomic mass is 35.5. The van der Waals surface area contributed by atoms with Crippen molar-refractivity contribution >= 4 is 12.4 Å². The van der Waals surface area contributed by atoms with Crippen LogP contribution in [0.2, 0.25) is 0 Å². The minimum absolute atomic E-state index is 0. The van der Waals surface area contributed by atoms with E-state index in [0.29, 0.717) is 5.41 Å². The second-order valence-corrected chi connectivity index (χ2v) is 7.26. The molecule has 0 amide bonds. The summed E-state index contributed by atoms with van der Waals surface area (Å²) in [5.41, 5.74) is 0.698. The van der Waals surface area contributed by atoms with Crippen molar-refractivity contribution in [1.82, 2.24) is 10.2 Å². The monoisotopic (exact) mass is 286 g/mol. The first kappa shape index (κ1) is 15.6. The summed E-state index contributed by atoms with van der Waals surface area (Å²) in [5.74, 6) is 1.97. The third kappa shape index (κ3) is 3.65. The summed E-state index contributed by atoms with van der Waals surface area (Å²) in [6, 6.07) is 0. The smallest absolute Gasteiger partial charge is 0.00395 e. The maximum absolute atomic E-state index is 3.52. The maximum Gasteiger partial charge on any atom is 0.00395 e. The van der Waals surface area contributed by atoms with E-state index in [1.54, 1.807) is 0 Å². The molecule has 2 aliphatic heterocycles. The third-order valence-corrected chi connectivity index (χ3v) is 5.96. The zero-order valence-electron chi connectivity index (χ0n) is 12.5. The molecule has 2 heterocycles. The Morgan fingerprint density at radius 1 is 1.11 bits per heavy atom. The first-order valence-electron chi connectivity index (χ1n) is 8.21. The Labute approximate surface area is 125 Å². The van der Waals surface area contributed by atoms with Crippen molar-refractivity contribution in [2.45, 2.75) is 51.9 Å². The zero-order chi connectivity index (χ0) is 12.4. The van der Waals surface area contributed by atoms with Gasteiger partial charge in [0.15, 0.2) is 0 Å². The van der Waals surface area contributed by atoms with Gasteiger partial charge in [0, 0.05) is 13.1 Å².